The van der Waals surface area contributed by atoms with Crippen LogP contribution in [0.4, 0.5) is 0 Å². The van der Waals surface area contributed by atoms with Crippen LogP contribution in [0.5, 0.6) is 0 Å². The number of carbonyl (C=O) groups excluding carboxylic acids is 1. The van der Waals surface area contributed by atoms with E-state index >= 15 is 0 Å². The Kier molecular flexibility index (Phi) is 18.8. The Bertz CT molecular complexity index is 1380. The number of rotatable bonds is 7. The van der Waals surface area contributed by atoms with Crippen LogP contribution < -0.4 is 36.9 Å². The normalized spacial score (nSPS) is 9.77. The van der Waals surface area contributed by atoms with Crippen LogP contribution in [0.25, 0.3) is 0 Å². The van der Waals surface area contributed by atoms with Crippen LogP contribution in [0.1, 0.15) is 13.8 Å². The van der Waals surface area contributed by atoms with Gasteiger partial charge in [0, 0.05) is 5.97 Å². The molecule has 1 radical (unpaired) electrons. The summed E-state index contributed by atoms with van der Waals surface area (Å²) in [7, 11) is -0.892. The van der Waals surface area contributed by atoms with Gasteiger partial charge in [0.05, 0.1) is 0 Å². The number of carbonyl (C=O) groups is 1. The minimum absolute atomic E-state index is 0. The van der Waals surface area contributed by atoms with Crippen molar-refractivity contribution in [3.8, 4) is 0 Å². The van der Waals surface area contributed by atoms with E-state index in [0.29, 0.717) is 0 Å². The van der Waals surface area contributed by atoms with Crippen molar-refractivity contribution in [3.05, 3.63) is 189 Å². The average Bonchev–Trinajstić information content (AvgIpc) is 3.13. The summed E-state index contributed by atoms with van der Waals surface area (Å²) in [4.78, 5) is 9.59. The zero-order chi connectivity index (χ0) is 33.0. The van der Waals surface area contributed by atoms with Gasteiger partial charge in [-0.2, -0.15) is 0 Å². The van der Waals surface area contributed by atoms with Gasteiger partial charge in [-0.15, -0.1) is 0 Å². The van der Waals surface area contributed by atoms with Gasteiger partial charge in [-0.1, -0.05) is 196 Å². The van der Waals surface area contributed by atoms with Crippen molar-refractivity contribution >= 4 is 53.6 Å². The van der Waals surface area contributed by atoms with Crippen LogP contribution in [-0.2, 0) is 28.9 Å². The summed E-state index contributed by atoms with van der Waals surface area (Å²) in [6.07, 6.45) is 0. The molecule has 0 heterocycles. The van der Waals surface area contributed by atoms with Crippen LogP contribution in [0, 0.1) is 12.6 Å². The average molecular weight is 741 g/mol. The van der Waals surface area contributed by atoms with Crippen molar-refractivity contribution in [2.45, 2.75) is 13.8 Å². The van der Waals surface area contributed by atoms with Crippen molar-refractivity contribution in [3.63, 3.8) is 0 Å². The van der Waals surface area contributed by atoms with Gasteiger partial charge in [0.25, 0.3) is 0 Å². The largest absolute Gasteiger partial charge is 1.00 e. The van der Waals surface area contributed by atoms with E-state index in [9.17, 15) is 9.90 Å². The van der Waals surface area contributed by atoms with Gasteiger partial charge in [-0.3, -0.25) is 0 Å². The number of carboxylic acid groups (broad SMARTS) is 1. The summed E-state index contributed by atoms with van der Waals surface area (Å²) in [6, 6.07) is 64.7. The molecule has 0 saturated heterocycles. The predicted molar refractivity (Wildman–Crippen MR) is 194 cm³/mol. The molecule has 3 nitrogen and oxygen atoms in total. The number of benzene rings is 6. The molecule has 0 amide bonds. The molecule has 0 saturated carbocycles. The fourth-order valence-corrected chi connectivity index (χ4v) is 8.97. The Morgan fingerprint density at radius 3 is 0.681 bits per heavy atom. The van der Waals surface area contributed by atoms with Crippen molar-refractivity contribution < 1.29 is 34.0 Å². The Hall–Kier alpha value is -3.99. The summed E-state index contributed by atoms with van der Waals surface area (Å²) in [5, 5.41) is 18.0. The molecule has 47 heavy (non-hydrogen) atoms. The zero-order valence-corrected chi connectivity index (χ0v) is 29.9. The molecule has 0 aliphatic heterocycles. The van der Waals surface area contributed by atoms with Crippen LogP contribution in [-0.4, -0.2) is 5.97 Å². The van der Waals surface area contributed by atoms with Crippen LogP contribution in [0.2, 0.25) is 0 Å². The summed E-state index contributed by atoms with van der Waals surface area (Å²) in [5.74, 6) is -1.33. The van der Waals surface area contributed by atoms with Gasteiger partial charge in [0.2, 0.25) is 0 Å². The molecule has 0 aliphatic carbocycles. The topological polar surface area (TPSA) is 60.0 Å². The second-order valence-corrected chi connectivity index (χ2v) is 14.6. The first kappa shape index (κ1) is 39.2. The third kappa shape index (κ3) is 13.0. The zero-order valence-electron chi connectivity index (χ0n) is 26.4. The van der Waals surface area contributed by atoms with Gasteiger partial charge in [0.1, 0.15) is 0 Å². The van der Waals surface area contributed by atoms with Gasteiger partial charge >= 0.3 is 30.8 Å². The Balaban J connectivity index is 0.000000263. The first-order valence-electron chi connectivity index (χ1n) is 14.9. The summed E-state index contributed by atoms with van der Waals surface area (Å²) >= 11 is 0. The van der Waals surface area contributed by atoms with Gasteiger partial charge in [-0.05, 0) is 53.6 Å². The predicted octanol–water partition coefficient (Wildman–Crippen LogP) is 6.24. The molecule has 0 N–H and O–H groups in total. The fourth-order valence-electron chi connectivity index (χ4n) is 4.36. The maximum Gasteiger partial charge on any atom is 1.00 e. The first-order valence-corrected chi connectivity index (χ1v) is 17.5. The molecule has 6 aromatic carbocycles. The second-order valence-electron chi connectivity index (χ2n) is 10.2. The molecule has 237 valence electrons. The van der Waals surface area contributed by atoms with Crippen molar-refractivity contribution in [2.24, 2.45) is 5.92 Å². The van der Waals surface area contributed by atoms with Crippen LogP contribution >= 0.6 is 15.8 Å². The molecule has 0 bridgehead atoms. The Morgan fingerprint density at radius 2 is 0.574 bits per heavy atom. The Morgan fingerprint density at radius 1 is 0.447 bits per heavy atom. The number of carboxylic acids is 1. The van der Waals surface area contributed by atoms with E-state index in [1.807, 2.05) is 0 Å². The maximum atomic E-state index is 9.59. The molecule has 0 fully saturated rings. The molecule has 0 aromatic heterocycles. The standard InChI is InChI=1S/2C18H15P.C4H8O2.CO.Ru/c2*1-4-10-16(11-5-1)19(17-12-6-2-7-13-17)18-14-8-3-9-15-18;1-3(2)4(5)6;1-2;/h2*1-15H;3H,1-2H3,(H,5,6);;/q;;;;+1/p-1. The number of hydrogen-bond donors (Lipinski definition) is 0. The third-order valence-corrected chi connectivity index (χ3v) is 11.4. The van der Waals surface area contributed by atoms with Gasteiger partial charge in [-0.25, -0.2) is 0 Å². The van der Waals surface area contributed by atoms with E-state index in [-0.39, 0.29) is 25.4 Å². The van der Waals surface area contributed by atoms with Crippen molar-refractivity contribution in [1.29, 1.82) is 0 Å². The fraction of sp³-hybridized carbons (Fsp3) is 0.0732. The maximum absolute atomic E-state index is 9.59. The quantitative estimate of drug-likeness (QED) is 0.0843. The molecule has 0 atom stereocenters. The third-order valence-electron chi connectivity index (χ3n) is 6.56. The van der Waals surface area contributed by atoms with E-state index in [4.69, 9.17) is 4.65 Å². The summed E-state index contributed by atoms with van der Waals surface area (Å²) in [5.41, 5.74) is 0. The van der Waals surface area contributed by atoms with Gasteiger partial charge < -0.3 is 9.90 Å². The van der Waals surface area contributed by atoms with E-state index in [0.717, 1.165) is 0 Å². The molecular formula is C41H37O3P2Ru. The monoisotopic (exact) mass is 741 g/mol. The van der Waals surface area contributed by atoms with E-state index in [1.54, 1.807) is 13.8 Å². The van der Waals surface area contributed by atoms with E-state index in [2.05, 4.69) is 189 Å². The number of aliphatic carboxylic acids is 1. The minimum Gasteiger partial charge on any atom is -0.0622 e. The van der Waals surface area contributed by atoms with Crippen molar-refractivity contribution in [1.82, 2.24) is 0 Å². The molecule has 6 rings (SSSR count). The van der Waals surface area contributed by atoms with Crippen molar-refractivity contribution in [2.75, 3.05) is 0 Å². The van der Waals surface area contributed by atoms with Gasteiger partial charge in [0.15, 0.2) is 0 Å². The first-order chi connectivity index (χ1) is 22.5. The molecular weight excluding hydrogens is 703 g/mol. The van der Waals surface area contributed by atoms with Crippen LogP contribution in [0.15, 0.2) is 182 Å². The molecule has 0 unspecified atom stereocenters. The Labute approximate surface area is 294 Å². The molecule has 0 aliphatic rings. The van der Waals surface area contributed by atoms with Crippen LogP contribution in [0.3, 0.4) is 0 Å². The molecule has 6 aromatic rings. The summed E-state index contributed by atoms with van der Waals surface area (Å²) in [6.45, 7) is 7.66. The minimum atomic E-state index is -0.991. The smallest absolute Gasteiger partial charge is 0.0622 e. The SMILES string of the molecule is CC(C)C(=O)[O-].[C-]#[O+].[Ru+].c1ccc(P(c2ccccc2)c2ccccc2)cc1.c1ccc(P(c2ccccc2)c2ccccc2)cc1. The molecule has 6 heteroatoms. The van der Waals surface area contributed by atoms with E-state index < -0.39 is 21.8 Å². The molecule has 0 spiro atoms. The summed E-state index contributed by atoms with van der Waals surface area (Å²) < 4.78 is 7.50. The van der Waals surface area contributed by atoms with E-state index in [1.165, 1.54) is 31.8 Å². The second kappa shape index (κ2) is 22.5. The number of hydrogen-bond acceptors (Lipinski definition) is 2.